The third-order valence-corrected chi connectivity index (χ3v) is 4.92. The van der Waals surface area contributed by atoms with Crippen LogP contribution in [0.4, 0.5) is 11.4 Å². The van der Waals surface area contributed by atoms with Crippen molar-refractivity contribution >= 4 is 28.6 Å². The molecule has 24 heavy (non-hydrogen) atoms. The van der Waals surface area contributed by atoms with Gasteiger partial charge in [-0.05, 0) is 44.4 Å². The van der Waals surface area contributed by atoms with Crippen molar-refractivity contribution < 1.29 is 4.74 Å². The van der Waals surface area contributed by atoms with Crippen molar-refractivity contribution in [3.63, 3.8) is 0 Å². The van der Waals surface area contributed by atoms with Crippen LogP contribution in [-0.4, -0.2) is 21.7 Å². The molecular formula is C18H19ClN4O. The largest absolute Gasteiger partial charge is 0.496 e. The summed E-state index contributed by atoms with van der Waals surface area (Å²) in [5.41, 5.74) is 5.81. The number of aromatic nitrogens is 3. The lowest BCUT2D eigenvalue weighted by molar-refractivity contribution is 0.412. The molecule has 6 heteroatoms. The Kier molecular flexibility index (Phi) is 3.61. The maximum atomic E-state index is 6.59. The van der Waals surface area contributed by atoms with Crippen LogP contribution in [0.2, 0.25) is 5.02 Å². The summed E-state index contributed by atoms with van der Waals surface area (Å²) in [5, 5.41) is 8.51. The molecule has 0 amide bonds. The molecule has 0 bridgehead atoms. The Morgan fingerprint density at radius 3 is 2.75 bits per heavy atom. The lowest BCUT2D eigenvalue weighted by atomic mass is 10.1. The molecule has 1 saturated carbocycles. The number of nitrogens with one attached hydrogen (secondary N) is 1. The number of ether oxygens (including phenoxy) is 1. The van der Waals surface area contributed by atoms with E-state index in [4.69, 9.17) is 16.3 Å². The smallest absolute Gasteiger partial charge is 0.180 e. The Balaban J connectivity index is 1.85. The summed E-state index contributed by atoms with van der Waals surface area (Å²) in [6.45, 7) is 4.09. The first-order valence-corrected chi connectivity index (χ1v) is 8.41. The highest BCUT2D eigenvalue weighted by atomic mass is 35.5. The zero-order valence-corrected chi connectivity index (χ0v) is 14.7. The van der Waals surface area contributed by atoms with Gasteiger partial charge in [-0.2, -0.15) is 5.10 Å². The average Bonchev–Trinajstić information content (AvgIpc) is 3.29. The second kappa shape index (κ2) is 5.67. The molecule has 5 nitrogen and oxygen atoms in total. The predicted molar refractivity (Wildman–Crippen MR) is 95.7 cm³/mol. The first-order chi connectivity index (χ1) is 11.6. The van der Waals surface area contributed by atoms with Crippen molar-refractivity contribution in [2.24, 2.45) is 0 Å². The summed E-state index contributed by atoms with van der Waals surface area (Å²) < 4.78 is 7.33. The summed E-state index contributed by atoms with van der Waals surface area (Å²) in [7, 11) is 1.68. The number of benzene rings is 1. The molecule has 0 radical (unpaired) electrons. The fraction of sp³-hybridized carbons (Fsp3) is 0.333. The first-order valence-electron chi connectivity index (χ1n) is 8.03. The van der Waals surface area contributed by atoms with Gasteiger partial charge >= 0.3 is 0 Å². The summed E-state index contributed by atoms with van der Waals surface area (Å²) in [6, 6.07) is 6.01. The van der Waals surface area contributed by atoms with E-state index in [1.165, 1.54) is 12.8 Å². The highest BCUT2D eigenvalue weighted by molar-refractivity contribution is 6.34. The van der Waals surface area contributed by atoms with Crippen molar-refractivity contribution in [3.05, 3.63) is 46.4 Å². The fourth-order valence-corrected chi connectivity index (χ4v) is 3.37. The molecule has 0 atom stereocenters. The molecule has 0 unspecified atom stereocenters. The molecule has 1 fully saturated rings. The number of hydrogen-bond donors (Lipinski definition) is 1. The Labute approximate surface area is 145 Å². The van der Waals surface area contributed by atoms with Gasteiger partial charge in [0.25, 0.3) is 0 Å². The van der Waals surface area contributed by atoms with Crippen molar-refractivity contribution in [3.8, 4) is 5.75 Å². The normalized spacial score (nSPS) is 14.2. The maximum absolute atomic E-state index is 6.59. The van der Waals surface area contributed by atoms with Crippen molar-refractivity contribution in [1.29, 1.82) is 0 Å². The third-order valence-electron chi connectivity index (χ3n) is 4.62. The minimum atomic E-state index is 0.543. The van der Waals surface area contributed by atoms with E-state index in [1.807, 2.05) is 29.6 Å². The van der Waals surface area contributed by atoms with Crippen LogP contribution in [0, 0.1) is 13.8 Å². The van der Waals surface area contributed by atoms with Gasteiger partial charge in [0.15, 0.2) is 5.65 Å². The standard InChI is InChI=1S/C18H19ClN4O/c1-10-4-7-15(24-3)11(2)16(10)22-17-13(19)8-14(12-5-6-12)23-18(17)20-9-21-23/h4,7-9,12,22H,5-6H2,1-3H3. The highest BCUT2D eigenvalue weighted by Gasteiger charge is 2.28. The summed E-state index contributed by atoms with van der Waals surface area (Å²) in [4.78, 5) is 4.42. The van der Waals surface area contributed by atoms with Gasteiger partial charge in [0.05, 0.1) is 12.1 Å². The quantitative estimate of drug-likeness (QED) is 0.751. The van der Waals surface area contributed by atoms with Gasteiger partial charge in [-0.15, -0.1) is 0 Å². The predicted octanol–water partition coefficient (Wildman–Crippen LogP) is 4.63. The summed E-state index contributed by atoms with van der Waals surface area (Å²) >= 11 is 6.59. The topological polar surface area (TPSA) is 51.5 Å². The van der Waals surface area contributed by atoms with Gasteiger partial charge in [0, 0.05) is 22.9 Å². The Morgan fingerprint density at radius 1 is 1.25 bits per heavy atom. The van der Waals surface area contributed by atoms with Crippen molar-refractivity contribution in [2.45, 2.75) is 32.6 Å². The molecule has 2 heterocycles. The van der Waals surface area contributed by atoms with E-state index in [0.29, 0.717) is 10.9 Å². The number of rotatable bonds is 4. The minimum Gasteiger partial charge on any atom is -0.496 e. The molecule has 0 spiro atoms. The van der Waals surface area contributed by atoms with E-state index in [0.717, 1.165) is 39.6 Å². The lowest BCUT2D eigenvalue weighted by Gasteiger charge is -2.17. The second-order valence-corrected chi connectivity index (χ2v) is 6.68. The van der Waals surface area contributed by atoms with Crippen LogP contribution in [0.15, 0.2) is 24.5 Å². The molecule has 4 rings (SSSR count). The number of anilines is 2. The SMILES string of the molecule is COc1ccc(C)c(Nc2c(Cl)cc(C3CC3)n3ncnc23)c1C. The van der Waals surface area contributed by atoms with E-state index in [2.05, 4.69) is 22.3 Å². The van der Waals surface area contributed by atoms with Crippen molar-refractivity contribution in [1.82, 2.24) is 14.6 Å². The van der Waals surface area contributed by atoms with E-state index >= 15 is 0 Å². The molecule has 3 aromatic rings. The fourth-order valence-electron chi connectivity index (χ4n) is 3.12. The highest BCUT2D eigenvalue weighted by Crippen LogP contribution is 2.43. The van der Waals surface area contributed by atoms with Gasteiger partial charge in [0.2, 0.25) is 0 Å². The van der Waals surface area contributed by atoms with Gasteiger partial charge in [-0.3, -0.25) is 0 Å². The van der Waals surface area contributed by atoms with Gasteiger partial charge in [-0.25, -0.2) is 9.50 Å². The van der Waals surface area contributed by atoms with Crippen LogP contribution < -0.4 is 10.1 Å². The van der Waals surface area contributed by atoms with E-state index in [9.17, 15) is 0 Å². The average molecular weight is 343 g/mol. The molecule has 2 aromatic heterocycles. The Morgan fingerprint density at radius 2 is 2.04 bits per heavy atom. The molecule has 0 saturated heterocycles. The number of nitrogens with zero attached hydrogens (tertiary/aromatic N) is 3. The van der Waals surface area contributed by atoms with Crippen LogP contribution >= 0.6 is 11.6 Å². The number of pyridine rings is 1. The maximum Gasteiger partial charge on any atom is 0.180 e. The van der Waals surface area contributed by atoms with Gasteiger partial charge in [-0.1, -0.05) is 17.7 Å². The number of fused-ring (bicyclic) bond motifs is 1. The molecule has 1 aromatic carbocycles. The monoisotopic (exact) mass is 342 g/mol. The number of methoxy groups -OCH3 is 1. The first kappa shape index (κ1) is 15.3. The van der Waals surface area contributed by atoms with Gasteiger partial charge in [0.1, 0.15) is 17.8 Å². The number of aryl methyl sites for hydroxylation is 1. The van der Waals surface area contributed by atoms with Crippen LogP contribution in [-0.2, 0) is 0 Å². The molecule has 1 N–H and O–H groups in total. The van der Waals surface area contributed by atoms with Crippen LogP contribution in [0.1, 0.15) is 35.6 Å². The Bertz CT molecular complexity index is 930. The third kappa shape index (κ3) is 2.40. The summed E-state index contributed by atoms with van der Waals surface area (Å²) in [5.74, 6) is 1.38. The Hall–Kier alpha value is -2.27. The number of hydrogen-bond acceptors (Lipinski definition) is 4. The molecular weight excluding hydrogens is 324 g/mol. The zero-order valence-electron chi connectivity index (χ0n) is 13.9. The van der Waals surface area contributed by atoms with E-state index < -0.39 is 0 Å². The van der Waals surface area contributed by atoms with E-state index in [1.54, 1.807) is 13.4 Å². The molecule has 1 aliphatic carbocycles. The minimum absolute atomic E-state index is 0.543. The van der Waals surface area contributed by atoms with Crippen LogP contribution in [0.5, 0.6) is 5.75 Å². The van der Waals surface area contributed by atoms with Crippen LogP contribution in [0.25, 0.3) is 5.65 Å². The van der Waals surface area contributed by atoms with Crippen LogP contribution in [0.3, 0.4) is 0 Å². The molecule has 1 aliphatic rings. The van der Waals surface area contributed by atoms with Gasteiger partial charge < -0.3 is 10.1 Å². The molecule has 124 valence electrons. The lowest BCUT2D eigenvalue weighted by Crippen LogP contribution is -2.04. The van der Waals surface area contributed by atoms with Crippen molar-refractivity contribution in [2.75, 3.05) is 12.4 Å². The molecule has 0 aliphatic heterocycles. The summed E-state index contributed by atoms with van der Waals surface area (Å²) in [6.07, 6.45) is 3.95. The zero-order chi connectivity index (χ0) is 16.8. The number of halogens is 1. The van der Waals surface area contributed by atoms with E-state index in [-0.39, 0.29) is 0 Å². The second-order valence-electron chi connectivity index (χ2n) is 6.27.